The third kappa shape index (κ3) is 3.01. The summed E-state index contributed by atoms with van der Waals surface area (Å²) >= 11 is 0. The Morgan fingerprint density at radius 3 is 2.44 bits per heavy atom. The van der Waals surface area contributed by atoms with Crippen molar-refractivity contribution in [2.45, 2.75) is 6.92 Å². The van der Waals surface area contributed by atoms with Crippen molar-refractivity contribution < 1.29 is 4.79 Å². The minimum Gasteiger partial charge on any atom is -0.287 e. The predicted molar refractivity (Wildman–Crippen MR) is 71.7 cm³/mol. The summed E-state index contributed by atoms with van der Waals surface area (Å²) in [5, 5.41) is 4.07. The number of anilines is 1. The molecule has 0 aliphatic carbocycles. The number of carbonyl (C=O) groups is 1. The van der Waals surface area contributed by atoms with Gasteiger partial charge in [-0.25, -0.2) is 0 Å². The van der Waals surface area contributed by atoms with E-state index >= 15 is 0 Å². The van der Waals surface area contributed by atoms with Gasteiger partial charge in [-0.2, -0.15) is 5.10 Å². The van der Waals surface area contributed by atoms with Gasteiger partial charge in [0.2, 0.25) is 5.78 Å². The highest BCUT2D eigenvalue weighted by atomic mass is 16.1. The Morgan fingerprint density at radius 1 is 1.11 bits per heavy atom. The lowest BCUT2D eigenvalue weighted by Crippen LogP contribution is -2.12. The number of nitrogens with zero attached hydrogens (tertiary/aromatic N) is 2. The zero-order chi connectivity index (χ0) is 12.8. The molecule has 2 rings (SSSR count). The second kappa shape index (κ2) is 5.72. The number of pyridine rings is 1. The number of para-hydroxylation sites is 1. The molecule has 0 radical (unpaired) electrons. The predicted octanol–water partition coefficient (Wildman–Crippen LogP) is 2.75. The van der Waals surface area contributed by atoms with E-state index in [0.29, 0.717) is 11.3 Å². The van der Waals surface area contributed by atoms with Crippen LogP contribution in [-0.2, 0) is 0 Å². The molecule has 0 spiro atoms. The molecular formula is C14H13N3O. The van der Waals surface area contributed by atoms with Crippen LogP contribution in [0.5, 0.6) is 0 Å². The van der Waals surface area contributed by atoms with Crippen molar-refractivity contribution in [3.8, 4) is 0 Å². The lowest BCUT2D eigenvalue weighted by Gasteiger charge is -2.02. The smallest absolute Gasteiger partial charge is 0.208 e. The first-order chi connectivity index (χ1) is 8.77. The van der Waals surface area contributed by atoms with E-state index in [4.69, 9.17) is 0 Å². The normalized spacial score (nSPS) is 11.1. The zero-order valence-corrected chi connectivity index (χ0v) is 10.00. The summed E-state index contributed by atoms with van der Waals surface area (Å²) in [6, 6.07) is 12.8. The third-order valence-corrected chi connectivity index (χ3v) is 2.40. The fraction of sp³-hybridized carbons (Fsp3) is 0.0714. The average Bonchev–Trinajstić information content (AvgIpc) is 2.46. The second-order valence-electron chi connectivity index (χ2n) is 3.74. The summed E-state index contributed by atoms with van der Waals surface area (Å²) in [6.07, 6.45) is 3.18. The van der Waals surface area contributed by atoms with Crippen LogP contribution < -0.4 is 5.43 Å². The molecule has 4 nitrogen and oxygen atoms in total. The van der Waals surface area contributed by atoms with E-state index in [9.17, 15) is 4.79 Å². The summed E-state index contributed by atoms with van der Waals surface area (Å²) in [4.78, 5) is 15.8. The Balaban J connectivity index is 2.08. The van der Waals surface area contributed by atoms with Crippen molar-refractivity contribution in [1.82, 2.24) is 4.98 Å². The lowest BCUT2D eigenvalue weighted by molar-refractivity contribution is 0.106. The van der Waals surface area contributed by atoms with Crippen molar-refractivity contribution in [1.29, 1.82) is 0 Å². The number of benzene rings is 1. The van der Waals surface area contributed by atoms with Gasteiger partial charge in [0.05, 0.1) is 5.69 Å². The number of hydrazone groups is 1. The van der Waals surface area contributed by atoms with Crippen LogP contribution in [0.4, 0.5) is 5.69 Å². The van der Waals surface area contributed by atoms with E-state index in [-0.39, 0.29) is 5.78 Å². The third-order valence-electron chi connectivity index (χ3n) is 2.40. The van der Waals surface area contributed by atoms with Gasteiger partial charge in [-0.3, -0.25) is 15.2 Å². The molecule has 0 saturated heterocycles. The largest absolute Gasteiger partial charge is 0.287 e. The maximum absolute atomic E-state index is 12.0. The SMILES string of the molecule is C/C(=N\Nc1ccccc1)C(=O)c1ccncc1. The van der Waals surface area contributed by atoms with Crippen LogP contribution in [0.2, 0.25) is 0 Å². The van der Waals surface area contributed by atoms with E-state index in [1.54, 1.807) is 31.5 Å². The molecule has 0 aliphatic rings. The molecule has 0 saturated carbocycles. The van der Waals surface area contributed by atoms with Crippen molar-refractivity contribution in [2.75, 3.05) is 5.43 Å². The molecule has 0 fully saturated rings. The standard InChI is InChI=1S/C14H13N3O/c1-11(14(18)12-7-9-15-10-8-12)16-17-13-5-3-2-4-6-13/h2-10,17H,1H3/b16-11+. The first kappa shape index (κ1) is 12.0. The maximum atomic E-state index is 12.0. The summed E-state index contributed by atoms with van der Waals surface area (Å²) < 4.78 is 0. The van der Waals surface area contributed by atoms with Gasteiger partial charge < -0.3 is 0 Å². The monoisotopic (exact) mass is 239 g/mol. The molecule has 0 amide bonds. The lowest BCUT2D eigenvalue weighted by atomic mass is 10.1. The number of rotatable bonds is 4. The highest BCUT2D eigenvalue weighted by molar-refractivity contribution is 6.45. The second-order valence-corrected chi connectivity index (χ2v) is 3.74. The first-order valence-electron chi connectivity index (χ1n) is 5.57. The van der Waals surface area contributed by atoms with Crippen LogP contribution in [0.15, 0.2) is 60.0 Å². The van der Waals surface area contributed by atoms with E-state index in [1.807, 2.05) is 30.3 Å². The number of nitrogens with one attached hydrogen (secondary N) is 1. The van der Waals surface area contributed by atoms with Crippen LogP contribution in [-0.4, -0.2) is 16.5 Å². The molecule has 0 unspecified atom stereocenters. The van der Waals surface area contributed by atoms with Gasteiger partial charge in [0, 0.05) is 18.0 Å². The van der Waals surface area contributed by atoms with Crippen LogP contribution in [0.25, 0.3) is 0 Å². The van der Waals surface area contributed by atoms with Gasteiger partial charge in [-0.1, -0.05) is 18.2 Å². The number of hydrogen-bond acceptors (Lipinski definition) is 4. The number of aromatic nitrogens is 1. The summed E-state index contributed by atoms with van der Waals surface area (Å²) in [5.74, 6) is -0.110. The van der Waals surface area contributed by atoms with Crippen molar-refractivity contribution in [2.24, 2.45) is 5.10 Å². The molecule has 1 heterocycles. The molecule has 1 N–H and O–H groups in total. The number of Topliss-reactive ketones (excluding diaryl/α,β-unsaturated/α-hetero) is 1. The molecular weight excluding hydrogens is 226 g/mol. The van der Waals surface area contributed by atoms with Crippen molar-refractivity contribution >= 4 is 17.2 Å². The average molecular weight is 239 g/mol. The topological polar surface area (TPSA) is 54.4 Å². The minimum absolute atomic E-state index is 0.110. The molecule has 0 aliphatic heterocycles. The molecule has 18 heavy (non-hydrogen) atoms. The molecule has 0 bridgehead atoms. The molecule has 2 aromatic rings. The highest BCUT2D eigenvalue weighted by Gasteiger charge is 2.08. The van der Waals surface area contributed by atoms with Crippen LogP contribution in [0.3, 0.4) is 0 Å². The molecule has 1 aromatic carbocycles. The van der Waals surface area contributed by atoms with E-state index in [2.05, 4.69) is 15.5 Å². The Hall–Kier alpha value is -2.49. The summed E-state index contributed by atoms with van der Waals surface area (Å²) in [6.45, 7) is 1.68. The molecule has 90 valence electrons. The molecule has 0 atom stereocenters. The van der Waals surface area contributed by atoms with Gasteiger partial charge in [0.1, 0.15) is 5.71 Å². The van der Waals surface area contributed by atoms with Crippen molar-refractivity contribution in [3.05, 3.63) is 60.4 Å². The minimum atomic E-state index is -0.110. The van der Waals surface area contributed by atoms with Gasteiger partial charge in [0.25, 0.3) is 0 Å². The van der Waals surface area contributed by atoms with Gasteiger partial charge in [-0.05, 0) is 31.2 Å². The van der Waals surface area contributed by atoms with Crippen LogP contribution in [0.1, 0.15) is 17.3 Å². The van der Waals surface area contributed by atoms with Gasteiger partial charge in [-0.15, -0.1) is 0 Å². The zero-order valence-electron chi connectivity index (χ0n) is 10.00. The van der Waals surface area contributed by atoms with Gasteiger partial charge >= 0.3 is 0 Å². The first-order valence-corrected chi connectivity index (χ1v) is 5.57. The summed E-state index contributed by atoms with van der Waals surface area (Å²) in [5.41, 5.74) is 4.69. The Bertz CT molecular complexity index is 550. The van der Waals surface area contributed by atoms with E-state index < -0.39 is 0 Å². The van der Waals surface area contributed by atoms with E-state index in [1.165, 1.54) is 0 Å². The maximum Gasteiger partial charge on any atom is 0.208 e. The number of ketones is 1. The Kier molecular flexibility index (Phi) is 3.81. The fourth-order valence-corrected chi connectivity index (χ4v) is 1.42. The number of carbonyl (C=O) groups excluding carboxylic acids is 1. The van der Waals surface area contributed by atoms with Crippen LogP contribution in [0, 0.1) is 0 Å². The quantitative estimate of drug-likeness (QED) is 0.507. The molecule has 1 aromatic heterocycles. The number of hydrogen-bond donors (Lipinski definition) is 1. The van der Waals surface area contributed by atoms with Crippen molar-refractivity contribution in [3.63, 3.8) is 0 Å². The Morgan fingerprint density at radius 2 is 1.78 bits per heavy atom. The highest BCUT2D eigenvalue weighted by Crippen LogP contribution is 2.05. The molecule has 4 heteroatoms. The Labute approximate surface area is 105 Å². The van der Waals surface area contributed by atoms with Gasteiger partial charge in [0.15, 0.2) is 0 Å². The van der Waals surface area contributed by atoms with E-state index in [0.717, 1.165) is 5.69 Å². The van der Waals surface area contributed by atoms with Crippen LogP contribution >= 0.6 is 0 Å². The fourth-order valence-electron chi connectivity index (χ4n) is 1.42. The summed E-state index contributed by atoms with van der Waals surface area (Å²) in [7, 11) is 0.